The first-order chi connectivity index (χ1) is 12.6. The number of phenolic OH excluding ortho intramolecular Hbond substituents is 1. The molecule has 26 heavy (non-hydrogen) atoms. The molecular weight excluding hydrogens is 326 g/mol. The maximum Gasteiger partial charge on any atom is 0.250 e. The smallest absolute Gasteiger partial charge is 0.250 e. The number of hydrazone groups is 1. The molecule has 5 nitrogen and oxygen atoms in total. The lowest BCUT2D eigenvalue weighted by molar-refractivity contribution is -0.123. The van der Waals surface area contributed by atoms with E-state index in [4.69, 9.17) is 0 Å². The van der Waals surface area contributed by atoms with Gasteiger partial charge >= 0.3 is 0 Å². The average molecular weight is 351 g/mol. The van der Waals surface area contributed by atoms with Crippen LogP contribution in [-0.2, 0) is 10.2 Å². The number of rotatable bonds is 7. The number of carbonyl (C=O) groups excluding carboxylic acids is 1. The first-order valence-corrected chi connectivity index (χ1v) is 9.07. The molecule has 0 aliphatic heterocycles. The molecule has 2 aromatic carbocycles. The molecule has 0 unspecified atom stereocenters. The number of hydrogen-bond donors (Lipinski definition) is 2. The second-order valence-electron chi connectivity index (χ2n) is 6.56. The van der Waals surface area contributed by atoms with Crippen LogP contribution in [0.15, 0.2) is 53.6 Å². The van der Waals surface area contributed by atoms with Gasteiger partial charge in [0.1, 0.15) is 5.75 Å². The second-order valence-corrected chi connectivity index (χ2v) is 6.56. The monoisotopic (exact) mass is 351 g/mol. The molecule has 136 valence electrons. The van der Waals surface area contributed by atoms with Crippen LogP contribution >= 0.6 is 0 Å². The number of aromatic hydroxyl groups is 1. The molecule has 0 bridgehead atoms. The highest BCUT2D eigenvalue weighted by atomic mass is 16.3. The summed E-state index contributed by atoms with van der Waals surface area (Å²) in [7, 11) is 0. The number of carbonyl (C=O) groups is 1. The van der Waals surface area contributed by atoms with Gasteiger partial charge in [0.05, 0.1) is 11.6 Å². The van der Waals surface area contributed by atoms with Gasteiger partial charge in [-0.05, 0) is 44.4 Å². The summed E-state index contributed by atoms with van der Waals surface area (Å²) in [4.78, 5) is 14.7. The standard InChI is InChI=1S/C21H25N3O2/c1-3-24(4-2)18-11-10-16(19(25)14-18)15-22-23-20(26)21(12-13-21)17-8-6-5-7-9-17/h5-11,14-15,25H,3-4,12-13H2,1-2H3,(H,23,26). The van der Waals surface area contributed by atoms with E-state index in [-0.39, 0.29) is 11.7 Å². The zero-order chi connectivity index (χ0) is 18.6. The highest BCUT2D eigenvalue weighted by molar-refractivity contribution is 5.92. The highest BCUT2D eigenvalue weighted by Gasteiger charge is 2.51. The summed E-state index contributed by atoms with van der Waals surface area (Å²) in [5, 5.41) is 14.3. The summed E-state index contributed by atoms with van der Waals surface area (Å²) in [5.41, 5.74) is 4.75. The third-order valence-electron chi connectivity index (χ3n) is 5.02. The summed E-state index contributed by atoms with van der Waals surface area (Å²) in [6.07, 6.45) is 3.16. The van der Waals surface area contributed by atoms with E-state index in [1.54, 1.807) is 6.07 Å². The summed E-state index contributed by atoms with van der Waals surface area (Å²) >= 11 is 0. The van der Waals surface area contributed by atoms with Gasteiger partial charge in [-0.2, -0.15) is 5.10 Å². The van der Waals surface area contributed by atoms with Crippen molar-refractivity contribution in [2.45, 2.75) is 32.1 Å². The van der Waals surface area contributed by atoms with Crippen molar-refractivity contribution in [3.05, 3.63) is 59.7 Å². The second kappa shape index (κ2) is 7.60. The molecule has 1 amide bonds. The van der Waals surface area contributed by atoms with Crippen molar-refractivity contribution in [1.82, 2.24) is 5.43 Å². The fourth-order valence-corrected chi connectivity index (χ4v) is 3.22. The Morgan fingerprint density at radius 1 is 1.19 bits per heavy atom. The summed E-state index contributed by atoms with van der Waals surface area (Å²) in [5.74, 6) is 0.0517. The van der Waals surface area contributed by atoms with Gasteiger partial charge in [0, 0.05) is 30.4 Å². The number of benzene rings is 2. The molecule has 0 radical (unpaired) electrons. The van der Waals surface area contributed by atoms with Crippen LogP contribution in [0.25, 0.3) is 0 Å². The van der Waals surface area contributed by atoms with Crippen LogP contribution in [0.3, 0.4) is 0 Å². The maximum atomic E-state index is 12.5. The van der Waals surface area contributed by atoms with Gasteiger partial charge in [0.15, 0.2) is 0 Å². The third-order valence-corrected chi connectivity index (χ3v) is 5.02. The Hall–Kier alpha value is -2.82. The van der Waals surface area contributed by atoms with Crippen LogP contribution < -0.4 is 10.3 Å². The quantitative estimate of drug-likeness (QED) is 0.593. The summed E-state index contributed by atoms with van der Waals surface area (Å²) in [6, 6.07) is 15.3. The minimum absolute atomic E-state index is 0.0980. The van der Waals surface area contributed by atoms with Gasteiger partial charge in [-0.15, -0.1) is 0 Å². The van der Waals surface area contributed by atoms with Gasteiger partial charge in [0.2, 0.25) is 0 Å². The Morgan fingerprint density at radius 2 is 1.88 bits per heavy atom. The molecule has 0 heterocycles. The zero-order valence-electron chi connectivity index (χ0n) is 15.3. The largest absolute Gasteiger partial charge is 0.507 e. The van der Waals surface area contributed by atoms with Crippen LogP contribution in [0.4, 0.5) is 5.69 Å². The topological polar surface area (TPSA) is 64.9 Å². The van der Waals surface area contributed by atoms with E-state index < -0.39 is 5.41 Å². The number of phenols is 1. The summed E-state index contributed by atoms with van der Waals surface area (Å²) < 4.78 is 0. The third kappa shape index (κ3) is 3.57. The number of amides is 1. The van der Waals surface area contributed by atoms with Gasteiger partial charge in [0.25, 0.3) is 5.91 Å². The lowest BCUT2D eigenvalue weighted by atomic mass is 9.95. The number of nitrogens with one attached hydrogen (secondary N) is 1. The van der Waals surface area contributed by atoms with E-state index in [0.29, 0.717) is 5.56 Å². The fourth-order valence-electron chi connectivity index (χ4n) is 3.22. The fraction of sp³-hybridized carbons (Fsp3) is 0.333. The first-order valence-electron chi connectivity index (χ1n) is 9.07. The normalized spacial score (nSPS) is 15.0. The molecule has 0 saturated heterocycles. The molecule has 0 aromatic heterocycles. The lowest BCUT2D eigenvalue weighted by Gasteiger charge is -2.21. The predicted molar refractivity (Wildman–Crippen MR) is 105 cm³/mol. The molecule has 2 aromatic rings. The molecule has 1 aliphatic carbocycles. The first kappa shape index (κ1) is 18.0. The minimum Gasteiger partial charge on any atom is -0.507 e. The lowest BCUT2D eigenvalue weighted by Crippen LogP contribution is -2.31. The molecule has 5 heteroatoms. The van der Waals surface area contributed by atoms with Gasteiger partial charge < -0.3 is 10.0 Å². The molecule has 2 N–H and O–H groups in total. The van der Waals surface area contributed by atoms with Crippen LogP contribution in [0, 0.1) is 0 Å². The van der Waals surface area contributed by atoms with E-state index in [1.165, 1.54) is 6.21 Å². The molecule has 1 saturated carbocycles. The van der Waals surface area contributed by atoms with Crippen molar-refractivity contribution in [3.63, 3.8) is 0 Å². The molecule has 0 atom stereocenters. The van der Waals surface area contributed by atoms with Crippen molar-refractivity contribution in [2.75, 3.05) is 18.0 Å². The highest BCUT2D eigenvalue weighted by Crippen LogP contribution is 2.48. The Labute approximate surface area is 154 Å². The van der Waals surface area contributed by atoms with Crippen LogP contribution in [0.2, 0.25) is 0 Å². The molecule has 1 fully saturated rings. The molecule has 3 rings (SSSR count). The van der Waals surface area contributed by atoms with Crippen LogP contribution in [-0.4, -0.2) is 30.3 Å². The van der Waals surface area contributed by atoms with E-state index in [0.717, 1.165) is 37.2 Å². The number of anilines is 1. The van der Waals surface area contributed by atoms with Crippen molar-refractivity contribution in [1.29, 1.82) is 0 Å². The Balaban J connectivity index is 1.67. The summed E-state index contributed by atoms with van der Waals surface area (Å²) in [6.45, 7) is 5.90. The van der Waals surface area contributed by atoms with Gasteiger partial charge in [-0.1, -0.05) is 30.3 Å². The average Bonchev–Trinajstić information content (AvgIpc) is 3.47. The number of nitrogens with zero attached hydrogens (tertiary/aromatic N) is 2. The zero-order valence-corrected chi connectivity index (χ0v) is 15.3. The Bertz CT molecular complexity index is 794. The molecule has 1 aliphatic rings. The van der Waals surface area contributed by atoms with Crippen molar-refractivity contribution < 1.29 is 9.90 Å². The minimum atomic E-state index is -0.451. The van der Waals surface area contributed by atoms with E-state index >= 15 is 0 Å². The van der Waals surface area contributed by atoms with Crippen molar-refractivity contribution in [2.24, 2.45) is 5.10 Å². The molecular formula is C21H25N3O2. The van der Waals surface area contributed by atoms with Crippen LogP contribution in [0.1, 0.15) is 37.8 Å². The predicted octanol–water partition coefficient (Wildman–Crippen LogP) is 3.42. The Morgan fingerprint density at radius 3 is 2.46 bits per heavy atom. The van der Waals surface area contributed by atoms with Gasteiger partial charge in [-0.3, -0.25) is 4.79 Å². The maximum absolute atomic E-state index is 12.5. The SMILES string of the molecule is CCN(CC)c1ccc(C=NNC(=O)C2(c3ccccc3)CC2)c(O)c1. The van der Waals surface area contributed by atoms with Crippen molar-refractivity contribution in [3.8, 4) is 5.75 Å². The number of hydrogen-bond acceptors (Lipinski definition) is 4. The van der Waals surface area contributed by atoms with Gasteiger partial charge in [-0.25, -0.2) is 5.43 Å². The van der Waals surface area contributed by atoms with Crippen LogP contribution in [0.5, 0.6) is 5.75 Å². The molecule has 0 spiro atoms. The Kier molecular flexibility index (Phi) is 5.26. The van der Waals surface area contributed by atoms with E-state index in [2.05, 4.69) is 29.3 Å². The van der Waals surface area contributed by atoms with Crippen molar-refractivity contribution >= 4 is 17.8 Å². The van der Waals surface area contributed by atoms with E-state index in [9.17, 15) is 9.90 Å². The van der Waals surface area contributed by atoms with E-state index in [1.807, 2.05) is 42.5 Å².